The average Bonchev–Trinajstić information content (AvgIpc) is 2.46. The largest absolute Gasteiger partial charge is 0.269 e. The minimum absolute atomic E-state index is 0.103. The van der Waals surface area contributed by atoms with E-state index in [1.54, 1.807) is 19.1 Å². The fraction of sp³-hybridized carbons (Fsp3) is 0.364. The van der Waals surface area contributed by atoms with Crippen LogP contribution in [0.15, 0.2) is 27.6 Å². The quantitative estimate of drug-likeness (QED) is 0.841. The van der Waals surface area contributed by atoms with Gasteiger partial charge in [-0.1, -0.05) is 22.9 Å². The first-order valence-corrected chi connectivity index (χ1v) is 7.51. The molecule has 6 heteroatoms. The van der Waals surface area contributed by atoms with Gasteiger partial charge in [0.05, 0.1) is 5.56 Å². The van der Waals surface area contributed by atoms with E-state index in [2.05, 4.69) is 15.9 Å². The third-order valence-electron chi connectivity index (χ3n) is 2.90. The summed E-state index contributed by atoms with van der Waals surface area (Å²) >= 11 is 3.24. The maximum atomic E-state index is 12.2. The van der Waals surface area contributed by atoms with Gasteiger partial charge in [0.1, 0.15) is 4.90 Å². The number of sulfonamides is 1. The Hall–Kier alpha value is -0.880. The Labute approximate surface area is 109 Å². The molecule has 1 aromatic carbocycles. The van der Waals surface area contributed by atoms with Gasteiger partial charge in [0.25, 0.3) is 15.9 Å². The first-order valence-electron chi connectivity index (χ1n) is 5.28. The number of rotatable bonds is 2. The van der Waals surface area contributed by atoms with Crippen LogP contribution in [-0.2, 0) is 10.0 Å². The van der Waals surface area contributed by atoms with Gasteiger partial charge in [-0.15, -0.1) is 0 Å². The molecule has 17 heavy (non-hydrogen) atoms. The lowest BCUT2D eigenvalue weighted by atomic mass is 10.2. The molecule has 1 atom stereocenters. The number of hydrogen-bond acceptors (Lipinski definition) is 3. The maximum Gasteiger partial charge on any atom is 0.269 e. The number of benzene rings is 1. The summed E-state index contributed by atoms with van der Waals surface area (Å²) < 4.78 is 26.1. The van der Waals surface area contributed by atoms with Crippen LogP contribution in [0.2, 0.25) is 0 Å². The van der Waals surface area contributed by atoms with Gasteiger partial charge < -0.3 is 0 Å². The van der Waals surface area contributed by atoms with Crippen molar-refractivity contribution in [3.8, 4) is 0 Å². The highest BCUT2D eigenvalue weighted by atomic mass is 79.9. The molecular formula is C11H12BrNO3S. The molecule has 0 radical (unpaired) electrons. The number of carbonyl (C=O) groups excluding carboxylic acids is 1. The summed E-state index contributed by atoms with van der Waals surface area (Å²) in [7, 11) is -3.66. The molecular weight excluding hydrogens is 306 g/mol. The lowest BCUT2D eigenvalue weighted by molar-refractivity contribution is 0.0837. The summed E-state index contributed by atoms with van der Waals surface area (Å²) in [5.74, 6) is -0.435. The summed E-state index contributed by atoms with van der Waals surface area (Å²) in [6.07, 6.45) is 0.597. The summed E-state index contributed by atoms with van der Waals surface area (Å²) in [5.41, 5.74) is 0.250. The standard InChI is InChI=1S/C11H12BrNO3S/c1-3-7(2)13-11(14)9-6-8(12)4-5-10(9)17(13,15)16/h4-7H,3H2,1-2H3. The Morgan fingerprint density at radius 1 is 1.41 bits per heavy atom. The first-order chi connectivity index (χ1) is 7.89. The molecule has 0 fully saturated rings. The van der Waals surface area contributed by atoms with E-state index in [0.717, 1.165) is 4.31 Å². The summed E-state index contributed by atoms with van der Waals surface area (Å²) in [5, 5.41) is 0. The maximum absolute atomic E-state index is 12.2. The normalized spacial score (nSPS) is 19.2. The molecule has 1 aliphatic rings. The monoisotopic (exact) mass is 317 g/mol. The predicted molar refractivity (Wildman–Crippen MR) is 67.3 cm³/mol. The van der Waals surface area contributed by atoms with E-state index < -0.39 is 15.9 Å². The topological polar surface area (TPSA) is 54.5 Å². The van der Waals surface area contributed by atoms with Crippen molar-refractivity contribution in [2.24, 2.45) is 0 Å². The molecule has 0 N–H and O–H groups in total. The second-order valence-corrected chi connectivity index (χ2v) is 6.70. The zero-order valence-corrected chi connectivity index (χ0v) is 11.9. The molecule has 1 unspecified atom stereocenters. The van der Waals surface area contributed by atoms with Crippen LogP contribution in [0.4, 0.5) is 0 Å². The van der Waals surface area contributed by atoms with E-state index >= 15 is 0 Å². The number of nitrogens with zero attached hydrogens (tertiary/aromatic N) is 1. The van der Waals surface area contributed by atoms with Crippen molar-refractivity contribution in [1.82, 2.24) is 4.31 Å². The first kappa shape index (κ1) is 12.6. The Kier molecular flexibility index (Phi) is 3.03. The van der Waals surface area contributed by atoms with Crippen LogP contribution in [-0.4, -0.2) is 24.7 Å². The second-order valence-electron chi connectivity index (χ2n) is 4.00. The molecule has 1 amide bonds. The third kappa shape index (κ3) is 1.79. The van der Waals surface area contributed by atoms with E-state index in [1.165, 1.54) is 6.07 Å². The van der Waals surface area contributed by atoms with Crippen LogP contribution in [0.25, 0.3) is 0 Å². The molecule has 0 saturated carbocycles. The number of amides is 1. The van der Waals surface area contributed by atoms with Gasteiger partial charge in [-0.2, -0.15) is 0 Å². The van der Waals surface area contributed by atoms with Gasteiger partial charge in [-0.3, -0.25) is 4.79 Å². The zero-order chi connectivity index (χ0) is 12.8. The number of fused-ring (bicyclic) bond motifs is 1. The lowest BCUT2D eigenvalue weighted by Crippen LogP contribution is -2.37. The third-order valence-corrected chi connectivity index (χ3v) is 5.35. The Morgan fingerprint density at radius 2 is 2.06 bits per heavy atom. The van der Waals surface area contributed by atoms with Gasteiger partial charge in [-0.25, -0.2) is 12.7 Å². The lowest BCUT2D eigenvalue weighted by Gasteiger charge is -2.21. The van der Waals surface area contributed by atoms with Crippen molar-refractivity contribution in [3.63, 3.8) is 0 Å². The smallest absolute Gasteiger partial charge is 0.268 e. The second kappa shape index (κ2) is 4.10. The molecule has 1 heterocycles. The van der Waals surface area contributed by atoms with E-state index in [9.17, 15) is 13.2 Å². The predicted octanol–water partition coefficient (Wildman–Crippen LogP) is 2.39. The highest BCUT2D eigenvalue weighted by Crippen LogP contribution is 2.34. The van der Waals surface area contributed by atoms with Crippen LogP contribution in [0.1, 0.15) is 30.6 Å². The number of carbonyl (C=O) groups is 1. The van der Waals surface area contributed by atoms with Crippen LogP contribution in [0, 0.1) is 0 Å². The van der Waals surface area contributed by atoms with E-state index in [1.807, 2.05) is 6.92 Å². The SMILES string of the molecule is CCC(C)N1C(=O)c2cc(Br)ccc2S1(=O)=O. The van der Waals surface area contributed by atoms with Crippen LogP contribution in [0.3, 0.4) is 0 Å². The van der Waals surface area contributed by atoms with Gasteiger partial charge in [0.15, 0.2) is 0 Å². The number of hydrogen-bond donors (Lipinski definition) is 0. The Balaban J connectivity index is 2.64. The van der Waals surface area contributed by atoms with Crippen molar-refractivity contribution in [3.05, 3.63) is 28.2 Å². The van der Waals surface area contributed by atoms with Gasteiger partial charge in [0, 0.05) is 10.5 Å². The molecule has 1 aliphatic heterocycles. The Morgan fingerprint density at radius 3 is 2.65 bits per heavy atom. The fourth-order valence-electron chi connectivity index (χ4n) is 1.83. The molecule has 0 spiro atoms. The van der Waals surface area contributed by atoms with E-state index in [0.29, 0.717) is 10.9 Å². The Bertz CT molecular complexity index is 582. The molecule has 0 bridgehead atoms. The van der Waals surface area contributed by atoms with Crippen LogP contribution < -0.4 is 0 Å². The minimum Gasteiger partial charge on any atom is -0.268 e. The van der Waals surface area contributed by atoms with Crippen LogP contribution in [0.5, 0.6) is 0 Å². The molecule has 0 aromatic heterocycles. The van der Waals surface area contributed by atoms with Crippen molar-refractivity contribution in [2.75, 3.05) is 0 Å². The average molecular weight is 318 g/mol. The molecule has 4 nitrogen and oxygen atoms in total. The van der Waals surface area contributed by atoms with Crippen molar-refractivity contribution in [2.45, 2.75) is 31.2 Å². The highest BCUT2D eigenvalue weighted by Gasteiger charge is 2.43. The molecule has 0 aliphatic carbocycles. The molecule has 2 rings (SSSR count). The van der Waals surface area contributed by atoms with Gasteiger partial charge >= 0.3 is 0 Å². The zero-order valence-electron chi connectivity index (χ0n) is 9.47. The molecule has 1 aromatic rings. The van der Waals surface area contributed by atoms with Crippen molar-refractivity contribution >= 4 is 31.9 Å². The van der Waals surface area contributed by atoms with Crippen LogP contribution >= 0.6 is 15.9 Å². The fourth-order valence-corrected chi connectivity index (χ4v) is 4.01. The van der Waals surface area contributed by atoms with Crippen molar-refractivity contribution in [1.29, 1.82) is 0 Å². The molecule has 92 valence electrons. The van der Waals surface area contributed by atoms with E-state index in [4.69, 9.17) is 0 Å². The summed E-state index contributed by atoms with van der Waals surface area (Å²) in [4.78, 5) is 12.2. The minimum atomic E-state index is -3.66. The van der Waals surface area contributed by atoms with Gasteiger partial charge in [0.2, 0.25) is 0 Å². The summed E-state index contributed by atoms with van der Waals surface area (Å²) in [6.45, 7) is 3.59. The van der Waals surface area contributed by atoms with Crippen molar-refractivity contribution < 1.29 is 13.2 Å². The summed E-state index contributed by atoms with van der Waals surface area (Å²) in [6, 6.07) is 4.33. The van der Waals surface area contributed by atoms with E-state index in [-0.39, 0.29) is 16.5 Å². The highest BCUT2D eigenvalue weighted by molar-refractivity contribution is 9.10. The van der Waals surface area contributed by atoms with Gasteiger partial charge in [-0.05, 0) is 31.5 Å². The molecule has 0 saturated heterocycles. The number of halogens is 1.